The van der Waals surface area contributed by atoms with Gasteiger partial charge in [-0.15, -0.1) is 0 Å². The minimum absolute atomic E-state index is 0.213. The molecule has 0 unspecified atom stereocenters. The third-order valence-electron chi connectivity index (χ3n) is 2.40. The van der Waals surface area contributed by atoms with Crippen LogP contribution in [0.5, 0.6) is 0 Å². The Morgan fingerprint density at radius 2 is 1.59 bits per heavy atom. The number of aliphatic carboxylic acids is 2. The summed E-state index contributed by atoms with van der Waals surface area (Å²) in [5.41, 5.74) is 0.420. The zero-order valence-electron chi connectivity index (χ0n) is 11.0. The molecule has 0 aliphatic carbocycles. The van der Waals surface area contributed by atoms with Crippen molar-refractivity contribution in [3.05, 3.63) is 22.8 Å². The van der Waals surface area contributed by atoms with Crippen molar-refractivity contribution >= 4 is 11.9 Å². The van der Waals surface area contributed by atoms with E-state index >= 15 is 0 Å². The van der Waals surface area contributed by atoms with Gasteiger partial charge in [-0.2, -0.15) is 0 Å². The second-order valence-corrected chi connectivity index (χ2v) is 4.94. The van der Waals surface area contributed by atoms with Crippen LogP contribution in [0, 0.1) is 5.41 Å². The van der Waals surface area contributed by atoms with Crippen LogP contribution in [-0.2, 0) is 9.59 Å². The largest absolute Gasteiger partial charge is 0.478 e. The summed E-state index contributed by atoms with van der Waals surface area (Å²) >= 11 is 0. The van der Waals surface area contributed by atoms with E-state index in [0.717, 1.165) is 0 Å². The zero-order chi connectivity index (χ0) is 13.8. The summed E-state index contributed by atoms with van der Waals surface area (Å²) in [4.78, 5) is 22.1. The number of hydrogen-bond acceptors (Lipinski definition) is 2. The van der Waals surface area contributed by atoms with Crippen molar-refractivity contribution in [3.63, 3.8) is 0 Å². The lowest BCUT2D eigenvalue weighted by molar-refractivity contribution is -0.134. The van der Waals surface area contributed by atoms with Crippen LogP contribution >= 0.6 is 0 Å². The lowest BCUT2D eigenvalue weighted by atomic mass is 9.83. The quantitative estimate of drug-likeness (QED) is 0.585. The Bertz CT molecular complexity index is 381. The van der Waals surface area contributed by atoms with Crippen molar-refractivity contribution in [3.8, 4) is 0 Å². The molecule has 4 heteroatoms. The Labute approximate surface area is 102 Å². The van der Waals surface area contributed by atoms with Gasteiger partial charge in [0.25, 0.3) is 0 Å². The Hall–Kier alpha value is -1.58. The first-order chi connectivity index (χ1) is 7.61. The summed E-state index contributed by atoms with van der Waals surface area (Å²) in [6, 6.07) is 0. The molecule has 0 rings (SSSR count). The normalized spacial score (nSPS) is 14.3. The number of carboxylic acids is 2. The van der Waals surface area contributed by atoms with Crippen molar-refractivity contribution in [1.82, 2.24) is 0 Å². The standard InChI is InChI=1S/C13H20O4/c1-6-9(11(14)15)7-8(2)10(12(16)17)13(3,4)5/h7H,6H2,1-5H3,(H,14,15)(H,16,17). The third kappa shape index (κ3) is 4.43. The van der Waals surface area contributed by atoms with Crippen LogP contribution in [0.4, 0.5) is 0 Å². The van der Waals surface area contributed by atoms with Gasteiger partial charge in [0.15, 0.2) is 0 Å². The van der Waals surface area contributed by atoms with Gasteiger partial charge in [-0.25, -0.2) is 9.59 Å². The minimum atomic E-state index is -1.01. The second-order valence-electron chi connectivity index (χ2n) is 4.94. The highest BCUT2D eigenvalue weighted by molar-refractivity contribution is 5.91. The van der Waals surface area contributed by atoms with Gasteiger partial charge in [0.1, 0.15) is 0 Å². The first-order valence-electron chi connectivity index (χ1n) is 5.49. The van der Waals surface area contributed by atoms with E-state index in [4.69, 9.17) is 10.2 Å². The Morgan fingerprint density at radius 1 is 1.12 bits per heavy atom. The van der Waals surface area contributed by atoms with Crippen molar-refractivity contribution in [2.45, 2.75) is 41.0 Å². The minimum Gasteiger partial charge on any atom is -0.478 e. The predicted molar refractivity (Wildman–Crippen MR) is 65.8 cm³/mol. The lowest BCUT2D eigenvalue weighted by Crippen LogP contribution is -2.19. The zero-order valence-corrected chi connectivity index (χ0v) is 11.0. The molecule has 0 saturated carbocycles. The van der Waals surface area contributed by atoms with Crippen LogP contribution in [0.2, 0.25) is 0 Å². The maximum atomic E-state index is 11.2. The Morgan fingerprint density at radius 3 is 1.82 bits per heavy atom. The molecular weight excluding hydrogens is 220 g/mol. The molecule has 0 heterocycles. The highest BCUT2D eigenvalue weighted by Gasteiger charge is 2.25. The van der Waals surface area contributed by atoms with Gasteiger partial charge in [-0.05, 0) is 30.4 Å². The monoisotopic (exact) mass is 240 g/mol. The molecule has 0 aromatic heterocycles. The van der Waals surface area contributed by atoms with Gasteiger partial charge < -0.3 is 10.2 Å². The molecule has 0 aromatic rings. The molecule has 0 radical (unpaired) electrons. The molecule has 0 spiro atoms. The van der Waals surface area contributed by atoms with Crippen molar-refractivity contribution < 1.29 is 19.8 Å². The van der Waals surface area contributed by atoms with E-state index in [-0.39, 0.29) is 11.1 Å². The smallest absolute Gasteiger partial charge is 0.332 e. The first kappa shape index (κ1) is 15.4. The van der Waals surface area contributed by atoms with E-state index in [2.05, 4.69) is 0 Å². The van der Waals surface area contributed by atoms with Gasteiger partial charge >= 0.3 is 11.9 Å². The summed E-state index contributed by atoms with van der Waals surface area (Å²) in [5.74, 6) is -2.02. The van der Waals surface area contributed by atoms with Crippen LogP contribution in [0.3, 0.4) is 0 Å². The van der Waals surface area contributed by atoms with E-state index in [1.165, 1.54) is 6.08 Å². The summed E-state index contributed by atoms with van der Waals surface area (Å²) < 4.78 is 0. The first-order valence-corrected chi connectivity index (χ1v) is 5.49. The molecule has 0 atom stereocenters. The van der Waals surface area contributed by atoms with E-state index in [0.29, 0.717) is 12.0 Å². The maximum Gasteiger partial charge on any atom is 0.332 e. The molecule has 4 nitrogen and oxygen atoms in total. The predicted octanol–water partition coefficient (Wildman–Crippen LogP) is 2.85. The highest BCUT2D eigenvalue weighted by Crippen LogP contribution is 2.29. The highest BCUT2D eigenvalue weighted by atomic mass is 16.4. The summed E-state index contributed by atoms with van der Waals surface area (Å²) in [6.45, 7) is 8.73. The van der Waals surface area contributed by atoms with Gasteiger partial charge in [-0.3, -0.25) is 0 Å². The molecular formula is C13H20O4. The number of carboxylic acid groups (broad SMARTS) is 2. The van der Waals surface area contributed by atoms with Crippen molar-refractivity contribution in [2.24, 2.45) is 5.41 Å². The van der Waals surface area contributed by atoms with Gasteiger partial charge in [-0.1, -0.05) is 27.7 Å². The molecule has 0 fully saturated rings. The van der Waals surface area contributed by atoms with Crippen LogP contribution in [0.15, 0.2) is 22.8 Å². The molecule has 2 N–H and O–H groups in total. The third-order valence-corrected chi connectivity index (χ3v) is 2.40. The number of carbonyl (C=O) groups is 2. The molecule has 96 valence electrons. The van der Waals surface area contributed by atoms with Crippen molar-refractivity contribution in [2.75, 3.05) is 0 Å². The van der Waals surface area contributed by atoms with Gasteiger partial charge in [0, 0.05) is 11.1 Å². The topological polar surface area (TPSA) is 74.6 Å². The molecule has 0 saturated heterocycles. The second kappa shape index (κ2) is 5.66. The summed E-state index contributed by atoms with van der Waals surface area (Å²) in [6.07, 6.45) is 1.81. The van der Waals surface area contributed by atoms with Crippen molar-refractivity contribution in [1.29, 1.82) is 0 Å². The van der Waals surface area contributed by atoms with Gasteiger partial charge in [0.05, 0.1) is 0 Å². The number of rotatable bonds is 4. The fourth-order valence-electron chi connectivity index (χ4n) is 1.73. The Kier molecular flexibility index (Phi) is 5.13. The lowest BCUT2D eigenvalue weighted by Gasteiger charge is -2.21. The fraction of sp³-hybridized carbons (Fsp3) is 0.538. The average molecular weight is 240 g/mol. The van der Waals surface area contributed by atoms with E-state index in [1.54, 1.807) is 34.6 Å². The van der Waals surface area contributed by atoms with Crippen LogP contribution < -0.4 is 0 Å². The fourth-order valence-corrected chi connectivity index (χ4v) is 1.73. The molecule has 17 heavy (non-hydrogen) atoms. The maximum absolute atomic E-state index is 11.2. The molecule has 0 bridgehead atoms. The SMILES string of the molecule is CCC(=CC(C)=C(C(=O)O)C(C)(C)C)C(=O)O. The average Bonchev–Trinajstić information content (AvgIpc) is 2.10. The van der Waals surface area contributed by atoms with Crippen LogP contribution in [0.1, 0.15) is 41.0 Å². The molecule has 0 aromatic carbocycles. The number of allylic oxidation sites excluding steroid dienone is 2. The van der Waals surface area contributed by atoms with E-state index in [9.17, 15) is 9.59 Å². The molecule has 0 amide bonds. The summed E-state index contributed by atoms with van der Waals surface area (Å²) in [5, 5.41) is 18.1. The molecule has 0 aliphatic rings. The number of hydrogen-bond donors (Lipinski definition) is 2. The van der Waals surface area contributed by atoms with E-state index < -0.39 is 17.4 Å². The van der Waals surface area contributed by atoms with Gasteiger partial charge in [0.2, 0.25) is 0 Å². The summed E-state index contributed by atoms with van der Waals surface area (Å²) in [7, 11) is 0. The van der Waals surface area contributed by atoms with Crippen LogP contribution in [0.25, 0.3) is 0 Å². The van der Waals surface area contributed by atoms with E-state index in [1.807, 2.05) is 0 Å². The Balaban J connectivity index is 5.68. The van der Waals surface area contributed by atoms with Crippen LogP contribution in [-0.4, -0.2) is 22.2 Å². The molecule has 0 aliphatic heterocycles.